The second kappa shape index (κ2) is 2.85. The molecule has 2 heterocycles. The van der Waals surface area contributed by atoms with Gasteiger partial charge in [-0.1, -0.05) is 13.8 Å². The lowest BCUT2D eigenvalue weighted by Gasteiger charge is -2.22. The molecule has 100 valence electrons. The Hall–Kier alpha value is -1.42. The first-order valence-corrected chi connectivity index (χ1v) is 6.65. The van der Waals surface area contributed by atoms with Gasteiger partial charge in [0, 0.05) is 0 Å². The number of rotatable bonds is 0. The van der Waals surface area contributed by atoms with Crippen LogP contribution in [0.15, 0.2) is 22.8 Å². The van der Waals surface area contributed by atoms with Crippen LogP contribution in [0.4, 0.5) is 0 Å². The van der Waals surface area contributed by atoms with Crippen molar-refractivity contribution in [2.75, 3.05) is 6.61 Å². The molecule has 0 radical (unpaired) electrons. The molecule has 4 aliphatic rings. The minimum Gasteiger partial charge on any atom is -0.457 e. The fourth-order valence-corrected chi connectivity index (χ4v) is 4.22. The lowest BCUT2D eigenvalue weighted by Crippen LogP contribution is -2.31. The molecule has 1 saturated carbocycles. The zero-order chi connectivity index (χ0) is 13.6. The van der Waals surface area contributed by atoms with Gasteiger partial charge in [0.1, 0.15) is 12.2 Å². The van der Waals surface area contributed by atoms with E-state index in [1.807, 2.05) is 6.92 Å². The normalized spacial score (nSPS) is 42.2. The van der Waals surface area contributed by atoms with Gasteiger partial charge in [0.25, 0.3) is 0 Å². The molecule has 2 atom stereocenters. The van der Waals surface area contributed by atoms with Crippen molar-refractivity contribution in [2.45, 2.75) is 44.8 Å². The molecule has 0 aromatic rings. The van der Waals surface area contributed by atoms with Crippen molar-refractivity contribution in [1.29, 1.82) is 0 Å². The number of carbonyl (C=O) groups is 2. The number of carbonyl (C=O) groups excluding carboxylic acids is 2. The second-order valence-electron chi connectivity index (χ2n) is 6.90. The van der Waals surface area contributed by atoms with Crippen molar-refractivity contribution in [2.24, 2.45) is 5.41 Å². The first kappa shape index (κ1) is 11.4. The smallest absolute Gasteiger partial charge is 0.339 e. The summed E-state index contributed by atoms with van der Waals surface area (Å²) in [6, 6.07) is 0. The van der Waals surface area contributed by atoms with Crippen LogP contribution < -0.4 is 0 Å². The summed E-state index contributed by atoms with van der Waals surface area (Å²) in [7, 11) is 0. The van der Waals surface area contributed by atoms with E-state index < -0.39 is 11.2 Å². The monoisotopic (exact) mass is 260 g/mol. The van der Waals surface area contributed by atoms with Gasteiger partial charge in [0.05, 0.1) is 11.1 Å². The summed E-state index contributed by atoms with van der Waals surface area (Å²) in [4.78, 5) is 24.5. The Bertz CT molecular complexity index is 610. The molecule has 2 fully saturated rings. The van der Waals surface area contributed by atoms with Crippen molar-refractivity contribution in [3.63, 3.8) is 0 Å². The summed E-state index contributed by atoms with van der Waals surface area (Å²) in [5.74, 6) is -0.416. The summed E-state index contributed by atoms with van der Waals surface area (Å²) in [5, 5.41) is 0. The quantitative estimate of drug-likeness (QED) is 0.491. The third-order valence-corrected chi connectivity index (χ3v) is 4.95. The Labute approximate surface area is 111 Å². The van der Waals surface area contributed by atoms with Gasteiger partial charge < -0.3 is 9.47 Å². The summed E-state index contributed by atoms with van der Waals surface area (Å²) < 4.78 is 11.0. The highest BCUT2D eigenvalue weighted by molar-refractivity contribution is 6.14. The van der Waals surface area contributed by atoms with Crippen molar-refractivity contribution < 1.29 is 19.1 Å². The summed E-state index contributed by atoms with van der Waals surface area (Å²) in [6.07, 6.45) is 3.36. The van der Waals surface area contributed by atoms with Gasteiger partial charge in [0.2, 0.25) is 0 Å². The van der Waals surface area contributed by atoms with Crippen LogP contribution in [0, 0.1) is 5.41 Å². The van der Waals surface area contributed by atoms with Crippen LogP contribution in [0.25, 0.3) is 0 Å². The summed E-state index contributed by atoms with van der Waals surface area (Å²) in [6.45, 7) is 6.38. The van der Waals surface area contributed by atoms with Gasteiger partial charge in [-0.2, -0.15) is 0 Å². The fourth-order valence-electron chi connectivity index (χ4n) is 4.22. The molecular formula is C15H16O4. The number of esters is 1. The molecule has 4 heteroatoms. The number of epoxide rings is 1. The Morgan fingerprint density at radius 2 is 1.84 bits per heavy atom. The lowest BCUT2D eigenvalue weighted by atomic mass is 9.86. The molecule has 4 nitrogen and oxygen atoms in total. The number of Topliss-reactive ketones (excluding diaryl/α,β-unsaturated/α-hetero) is 1. The average Bonchev–Trinajstić information content (AvgIpc) is 2.68. The van der Waals surface area contributed by atoms with Gasteiger partial charge in [-0.15, -0.1) is 0 Å². The first-order chi connectivity index (χ1) is 8.81. The third kappa shape index (κ3) is 1.10. The van der Waals surface area contributed by atoms with E-state index in [0.717, 1.165) is 18.4 Å². The van der Waals surface area contributed by atoms with Crippen molar-refractivity contribution in [3.05, 3.63) is 22.8 Å². The molecule has 4 rings (SSSR count). The number of hydrogen-bond acceptors (Lipinski definition) is 4. The highest BCUT2D eigenvalue weighted by Gasteiger charge is 2.81. The van der Waals surface area contributed by atoms with Crippen LogP contribution >= 0.6 is 0 Å². The zero-order valence-corrected chi connectivity index (χ0v) is 11.3. The largest absolute Gasteiger partial charge is 0.457 e. The van der Waals surface area contributed by atoms with Gasteiger partial charge in [0.15, 0.2) is 11.4 Å². The van der Waals surface area contributed by atoms with Crippen LogP contribution in [0.1, 0.15) is 33.6 Å². The highest BCUT2D eigenvalue weighted by Crippen LogP contribution is 2.70. The molecular weight excluding hydrogens is 244 g/mol. The Morgan fingerprint density at radius 3 is 2.58 bits per heavy atom. The van der Waals surface area contributed by atoms with E-state index in [4.69, 9.17) is 9.47 Å². The van der Waals surface area contributed by atoms with E-state index >= 15 is 0 Å². The van der Waals surface area contributed by atoms with E-state index in [-0.39, 0.29) is 23.8 Å². The van der Waals surface area contributed by atoms with Crippen molar-refractivity contribution in [3.8, 4) is 0 Å². The maximum Gasteiger partial charge on any atom is 0.339 e. The molecule has 0 amide bonds. The van der Waals surface area contributed by atoms with Crippen LogP contribution in [-0.2, 0) is 19.1 Å². The van der Waals surface area contributed by atoms with Gasteiger partial charge in [-0.25, -0.2) is 4.79 Å². The Kier molecular flexibility index (Phi) is 1.71. The van der Waals surface area contributed by atoms with Gasteiger partial charge in [-0.05, 0) is 36.8 Å². The molecule has 0 spiro atoms. The molecule has 0 N–H and O–H groups in total. The Balaban J connectivity index is 1.91. The molecule has 0 aromatic heterocycles. The van der Waals surface area contributed by atoms with Gasteiger partial charge >= 0.3 is 5.97 Å². The van der Waals surface area contributed by atoms with E-state index in [1.54, 1.807) is 6.08 Å². The van der Waals surface area contributed by atoms with E-state index in [9.17, 15) is 9.59 Å². The number of cyclic esters (lactones) is 1. The standard InChI is InChI=1S/C15H16O4/c1-8-4-9-10(5-18-12(9)17)11(16)15-7-13(2,3)6-14(8,15)19-15/h4H,5-7H2,1-3H3. The van der Waals surface area contributed by atoms with Gasteiger partial charge in [-0.3, -0.25) is 4.79 Å². The average molecular weight is 260 g/mol. The minimum atomic E-state index is -0.734. The summed E-state index contributed by atoms with van der Waals surface area (Å²) in [5.41, 5.74) is 0.804. The highest BCUT2D eigenvalue weighted by atomic mass is 16.6. The molecule has 19 heavy (non-hydrogen) atoms. The molecule has 2 aliphatic carbocycles. The van der Waals surface area contributed by atoms with Crippen LogP contribution in [0.2, 0.25) is 0 Å². The summed E-state index contributed by atoms with van der Waals surface area (Å²) >= 11 is 0. The fraction of sp³-hybridized carbons (Fsp3) is 0.600. The number of ketones is 1. The van der Waals surface area contributed by atoms with Crippen molar-refractivity contribution >= 4 is 11.8 Å². The first-order valence-electron chi connectivity index (χ1n) is 6.65. The predicted octanol–water partition coefficient (Wildman–Crippen LogP) is 1.70. The second-order valence-corrected chi connectivity index (χ2v) is 6.90. The van der Waals surface area contributed by atoms with E-state index in [0.29, 0.717) is 11.1 Å². The zero-order valence-electron chi connectivity index (χ0n) is 11.3. The molecule has 0 aromatic carbocycles. The topological polar surface area (TPSA) is 55.9 Å². The minimum absolute atomic E-state index is 0.0352. The van der Waals surface area contributed by atoms with E-state index in [1.165, 1.54) is 0 Å². The maximum absolute atomic E-state index is 12.8. The van der Waals surface area contributed by atoms with Crippen LogP contribution in [-0.4, -0.2) is 29.6 Å². The van der Waals surface area contributed by atoms with Crippen LogP contribution in [0.3, 0.4) is 0 Å². The van der Waals surface area contributed by atoms with E-state index in [2.05, 4.69) is 13.8 Å². The van der Waals surface area contributed by atoms with Crippen LogP contribution in [0.5, 0.6) is 0 Å². The number of ether oxygens (including phenoxy) is 2. The Morgan fingerprint density at radius 1 is 1.16 bits per heavy atom. The predicted molar refractivity (Wildman–Crippen MR) is 66.3 cm³/mol. The lowest BCUT2D eigenvalue weighted by molar-refractivity contribution is -0.135. The molecule has 2 unspecified atom stereocenters. The number of hydrogen-bond donors (Lipinski definition) is 0. The molecule has 2 aliphatic heterocycles. The molecule has 0 bridgehead atoms. The molecule has 1 saturated heterocycles. The third-order valence-electron chi connectivity index (χ3n) is 4.95. The SMILES string of the molecule is CC1=CC2=C(COC2=O)C(=O)C23CC(C)(C)CC12O3. The van der Waals surface area contributed by atoms with Crippen molar-refractivity contribution in [1.82, 2.24) is 0 Å². The maximum atomic E-state index is 12.8.